The van der Waals surface area contributed by atoms with Gasteiger partial charge in [0.25, 0.3) is 5.91 Å². The minimum absolute atomic E-state index is 0.165. The third kappa shape index (κ3) is 6.17. The van der Waals surface area contributed by atoms with Gasteiger partial charge in [0.05, 0.1) is 17.7 Å². The fourth-order valence-electron chi connectivity index (χ4n) is 3.19. The second-order valence-corrected chi connectivity index (χ2v) is 9.60. The SMILES string of the molecule is CCc1ccc(N=C2NC(=O)/C(=C/c3ccc(OCc4ccc(I)cc4)c(OC)c3)S2)cc1. The average Bonchev–Trinajstić information content (AvgIpc) is 3.17. The first kappa shape index (κ1) is 23.4. The molecule has 168 valence electrons. The number of carbonyl (C=O) groups excluding carboxylic acids is 1. The minimum atomic E-state index is -0.165. The number of nitrogens with one attached hydrogen (secondary N) is 1. The summed E-state index contributed by atoms with van der Waals surface area (Å²) in [6, 6.07) is 21.8. The number of amides is 1. The number of carbonyl (C=O) groups is 1. The van der Waals surface area contributed by atoms with E-state index in [1.807, 2.05) is 72.8 Å². The molecule has 1 fully saturated rings. The molecule has 1 amide bonds. The molecule has 0 atom stereocenters. The number of ether oxygens (including phenoxy) is 2. The smallest absolute Gasteiger partial charge is 0.264 e. The molecule has 0 radical (unpaired) electrons. The lowest BCUT2D eigenvalue weighted by molar-refractivity contribution is -0.115. The predicted octanol–water partition coefficient (Wildman–Crippen LogP) is 6.33. The van der Waals surface area contributed by atoms with E-state index in [0.29, 0.717) is 28.2 Å². The quantitative estimate of drug-likeness (QED) is 0.267. The number of hydrogen-bond donors (Lipinski definition) is 1. The van der Waals surface area contributed by atoms with Crippen LogP contribution in [0, 0.1) is 3.57 Å². The van der Waals surface area contributed by atoms with Crippen LogP contribution in [0.3, 0.4) is 0 Å². The van der Waals surface area contributed by atoms with Crippen LogP contribution >= 0.6 is 34.4 Å². The molecule has 33 heavy (non-hydrogen) atoms. The number of methoxy groups -OCH3 is 1. The van der Waals surface area contributed by atoms with E-state index in [-0.39, 0.29) is 5.91 Å². The van der Waals surface area contributed by atoms with Crippen LogP contribution in [0.25, 0.3) is 6.08 Å². The summed E-state index contributed by atoms with van der Waals surface area (Å²) in [4.78, 5) is 17.6. The molecule has 5 nitrogen and oxygen atoms in total. The van der Waals surface area contributed by atoms with Crippen LogP contribution in [0.1, 0.15) is 23.6 Å². The summed E-state index contributed by atoms with van der Waals surface area (Å²) in [5.41, 5.74) is 3.99. The molecular weight excluding hydrogens is 547 g/mol. The zero-order valence-corrected chi connectivity index (χ0v) is 21.3. The Morgan fingerprint density at radius 3 is 2.42 bits per heavy atom. The molecule has 0 bridgehead atoms. The molecule has 3 aromatic rings. The number of hydrogen-bond acceptors (Lipinski definition) is 5. The van der Waals surface area contributed by atoms with Gasteiger partial charge in [-0.1, -0.05) is 37.3 Å². The second-order valence-electron chi connectivity index (χ2n) is 7.33. The number of aryl methyl sites for hydroxylation is 1. The maximum absolute atomic E-state index is 12.4. The molecule has 0 aromatic heterocycles. The van der Waals surface area contributed by atoms with Gasteiger partial charge >= 0.3 is 0 Å². The average molecular weight is 570 g/mol. The summed E-state index contributed by atoms with van der Waals surface area (Å²) in [7, 11) is 1.61. The molecule has 1 N–H and O–H groups in total. The van der Waals surface area contributed by atoms with E-state index < -0.39 is 0 Å². The number of amidine groups is 1. The van der Waals surface area contributed by atoms with E-state index in [9.17, 15) is 4.79 Å². The molecule has 1 saturated heterocycles. The van der Waals surface area contributed by atoms with Crippen molar-refractivity contribution in [3.05, 3.63) is 91.9 Å². The maximum Gasteiger partial charge on any atom is 0.264 e. The number of thioether (sulfide) groups is 1. The molecule has 1 aliphatic heterocycles. The maximum atomic E-state index is 12.4. The van der Waals surface area contributed by atoms with E-state index >= 15 is 0 Å². The highest BCUT2D eigenvalue weighted by Crippen LogP contribution is 2.32. The minimum Gasteiger partial charge on any atom is -0.493 e. The summed E-state index contributed by atoms with van der Waals surface area (Å²) in [5, 5.41) is 3.40. The molecule has 0 spiro atoms. The predicted molar refractivity (Wildman–Crippen MR) is 143 cm³/mol. The Hall–Kier alpha value is -2.78. The van der Waals surface area contributed by atoms with Crippen molar-refractivity contribution in [1.29, 1.82) is 0 Å². The fourth-order valence-corrected chi connectivity index (χ4v) is 4.39. The highest BCUT2D eigenvalue weighted by molar-refractivity contribution is 14.1. The van der Waals surface area contributed by atoms with Crippen LogP contribution in [-0.2, 0) is 17.8 Å². The monoisotopic (exact) mass is 570 g/mol. The molecule has 0 saturated carbocycles. The van der Waals surface area contributed by atoms with Crippen LogP contribution in [-0.4, -0.2) is 18.2 Å². The summed E-state index contributed by atoms with van der Waals surface area (Å²) in [6.45, 7) is 2.56. The molecule has 0 aliphatic carbocycles. The van der Waals surface area contributed by atoms with Crippen molar-refractivity contribution in [2.24, 2.45) is 4.99 Å². The first-order valence-corrected chi connectivity index (χ1v) is 12.4. The largest absolute Gasteiger partial charge is 0.493 e. The molecule has 3 aromatic carbocycles. The van der Waals surface area contributed by atoms with Gasteiger partial charge in [0, 0.05) is 3.57 Å². The Kier molecular flexibility index (Phi) is 7.72. The molecule has 1 aliphatic rings. The van der Waals surface area contributed by atoms with Crippen LogP contribution in [0.5, 0.6) is 11.5 Å². The summed E-state index contributed by atoms with van der Waals surface area (Å²) in [5.74, 6) is 1.10. The fraction of sp³-hybridized carbons (Fsp3) is 0.154. The molecular formula is C26H23IN2O3S. The van der Waals surface area contributed by atoms with E-state index in [0.717, 1.165) is 23.2 Å². The van der Waals surface area contributed by atoms with Gasteiger partial charge in [-0.2, -0.15) is 0 Å². The van der Waals surface area contributed by atoms with Gasteiger partial charge in [0.1, 0.15) is 6.61 Å². The van der Waals surface area contributed by atoms with Gasteiger partial charge < -0.3 is 14.8 Å². The van der Waals surface area contributed by atoms with E-state index in [1.165, 1.54) is 20.9 Å². The van der Waals surface area contributed by atoms with E-state index in [4.69, 9.17) is 9.47 Å². The number of nitrogens with zero attached hydrogens (tertiary/aromatic N) is 1. The van der Waals surface area contributed by atoms with Gasteiger partial charge in [-0.25, -0.2) is 4.99 Å². The molecule has 4 rings (SSSR count). The Bertz CT molecular complexity index is 1210. The van der Waals surface area contributed by atoms with E-state index in [1.54, 1.807) is 7.11 Å². The van der Waals surface area contributed by atoms with Gasteiger partial charge in [-0.15, -0.1) is 0 Å². The second kappa shape index (κ2) is 10.9. The van der Waals surface area contributed by atoms with Crippen LogP contribution in [0.15, 0.2) is 76.6 Å². The van der Waals surface area contributed by atoms with Crippen molar-refractivity contribution >= 4 is 57.2 Å². The van der Waals surface area contributed by atoms with Crippen molar-refractivity contribution < 1.29 is 14.3 Å². The van der Waals surface area contributed by atoms with Crippen molar-refractivity contribution in [3.63, 3.8) is 0 Å². The Morgan fingerprint density at radius 2 is 1.73 bits per heavy atom. The van der Waals surface area contributed by atoms with Crippen molar-refractivity contribution in [3.8, 4) is 11.5 Å². The van der Waals surface area contributed by atoms with Gasteiger partial charge in [0.15, 0.2) is 16.7 Å². The van der Waals surface area contributed by atoms with Crippen molar-refractivity contribution in [2.75, 3.05) is 7.11 Å². The van der Waals surface area contributed by atoms with Crippen molar-refractivity contribution in [2.45, 2.75) is 20.0 Å². The highest BCUT2D eigenvalue weighted by Gasteiger charge is 2.24. The first-order chi connectivity index (χ1) is 16.0. The van der Waals surface area contributed by atoms with Gasteiger partial charge in [-0.05, 0) is 99.9 Å². The molecule has 0 unspecified atom stereocenters. The van der Waals surface area contributed by atoms with E-state index in [2.05, 4.69) is 39.8 Å². The highest BCUT2D eigenvalue weighted by atomic mass is 127. The Labute approximate surface area is 211 Å². The van der Waals surface area contributed by atoms with Gasteiger partial charge in [-0.3, -0.25) is 4.79 Å². The normalized spacial score (nSPS) is 15.7. The number of halogens is 1. The molecule has 1 heterocycles. The van der Waals surface area contributed by atoms with Gasteiger partial charge in [0.2, 0.25) is 0 Å². The van der Waals surface area contributed by atoms with Crippen LogP contribution in [0.2, 0.25) is 0 Å². The number of rotatable bonds is 7. The Morgan fingerprint density at radius 1 is 1.00 bits per heavy atom. The number of benzene rings is 3. The lowest BCUT2D eigenvalue weighted by Gasteiger charge is -2.11. The number of aliphatic imine (C=N–C) groups is 1. The summed E-state index contributed by atoms with van der Waals surface area (Å²) >= 11 is 3.60. The zero-order valence-electron chi connectivity index (χ0n) is 18.3. The standard InChI is InChI=1S/C26H23IN2O3S/c1-3-17-6-11-21(12-7-17)28-26-29-25(30)24(33-26)15-19-8-13-22(23(14-19)31-2)32-16-18-4-9-20(27)10-5-18/h4-15H,3,16H2,1-2H3,(H,28,29,30)/b24-15-. The lowest BCUT2D eigenvalue weighted by atomic mass is 10.2. The van der Waals surface area contributed by atoms with Crippen LogP contribution in [0.4, 0.5) is 5.69 Å². The third-order valence-corrected chi connectivity index (χ3v) is 6.65. The molecule has 7 heteroatoms. The Balaban J connectivity index is 1.46. The topological polar surface area (TPSA) is 59.9 Å². The van der Waals surface area contributed by atoms with Crippen molar-refractivity contribution in [1.82, 2.24) is 5.32 Å². The van der Waals surface area contributed by atoms with Crippen LogP contribution < -0.4 is 14.8 Å². The third-order valence-electron chi connectivity index (χ3n) is 5.02. The summed E-state index contributed by atoms with van der Waals surface area (Å²) in [6.07, 6.45) is 2.81. The first-order valence-electron chi connectivity index (χ1n) is 10.5. The zero-order chi connectivity index (χ0) is 23.2. The summed E-state index contributed by atoms with van der Waals surface area (Å²) < 4.78 is 12.6. The lowest BCUT2D eigenvalue weighted by Crippen LogP contribution is -2.19.